The van der Waals surface area contributed by atoms with E-state index in [2.05, 4.69) is 35.6 Å². The second-order valence-corrected chi connectivity index (χ2v) is 6.83. The molecule has 1 aromatic heterocycles. The van der Waals surface area contributed by atoms with Gasteiger partial charge in [0.25, 0.3) is 0 Å². The fourth-order valence-electron chi connectivity index (χ4n) is 3.37. The Labute approximate surface area is 163 Å². The van der Waals surface area contributed by atoms with Crippen LogP contribution in [0.15, 0.2) is 65.8 Å². The van der Waals surface area contributed by atoms with Crippen molar-refractivity contribution < 1.29 is 14.6 Å². The molecule has 2 aromatic carbocycles. The third kappa shape index (κ3) is 3.13. The number of carbonyl (C=O) groups is 1. The van der Waals surface area contributed by atoms with E-state index >= 15 is 0 Å². The number of benzene rings is 2. The van der Waals surface area contributed by atoms with Gasteiger partial charge < -0.3 is 14.4 Å². The fraction of sp³-hybridized carbons (Fsp3) is 0.182. The number of ether oxygens (including phenoxy) is 1. The molecule has 28 heavy (non-hydrogen) atoms. The summed E-state index contributed by atoms with van der Waals surface area (Å²) in [6, 6.07) is 18.6. The van der Waals surface area contributed by atoms with Crippen LogP contribution in [0.4, 0.5) is 0 Å². The number of aryl methyl sites for hydroxylation is 2. The first-order valence-electron chi connectivity index (χ1n) is 9.04. The zero-order chi connectivity index (χ0) is 19.8. The van der Waals surface area contributed by atoms with Crippen LogP contribution in [0.25, 0.3) is 5.69 Å². The molecule has 0 fully saturated rings. The maximum Gasteiger partial charge on any atom is 0.243 e. The predicted octanol–water partition coefficient (Wildman–Crippen LogP) is 4.04. The Morgan fingerprint density at radius 1 is 0.964 bits per heavy atom. The first-order chi connectivity index (χ1) is 13.4. The van der Waals surface area contributed by atoms with Crippen LogP contribution in [0.5, 0.6) is 5.75 Å². The third-order valence-electron chi connectivity index (χ3n) is 4.79. The Kier molecular flexibility index (Phi) is 4.39. The van der Waals surface area contributed by atoms with Crippen molar-refractivity contribution in [3.63, 3.8) is 0 Å². The molecule has 1 aliphatic rings. The van der Waals surface area contributed by atoms with Crippen LogP contribution in [-0.4, -0.2) is 26.5 Å². The Morgan fingerprint density at radius 2 is 1.57 bits per heavy atom. The smallest absolute Gasteiger partial charge is 0.243 e. The molecule has 1 aliphatic heterocycles. The summed E-state index contributed by atoms with van der Waals surface area (Å²) < 4.78 is 8.16. The van der Waals surface area contributed by atoms with Gasteiger partial charge in [-0.3, -0.25) is 4.79 Å². The highest BCUT2D eigenvalue weighted by atomic mass is 16.5. The van der Waals surface area contributed by atoms with Gasteiger partial charge in [-0.2, -0.15) is 5.01 Å². The van der Waals surface area contributed by atoms with Crippen LogP contribution >= 0.6 is 0 Å². The van der Waals surface area contributed by atoms with Crippen molar-refractivity contribution >= 4 is 11.8 Å². The van der Waals surface area contributed by atoms with Crippen molar-refractivity contribution in [1.29, 1.82) is 0 Å². The molecule has 0 bridgehead atoms. The first kappa shape index (κ1) is 17.9. The van der Waals surface area contributed by atoms with Gasteiger partial charge in [0.15, 0.2) is 0 Å². The normalized spacial score (nSPS) is 16.0. The van der Waals surface area contributed by atoms with E-state index in [0.717, 1.165) is 28.2 Å². The predicted molar refractivity (Wildman–Crippen MR) is 106 cm³/mol. The zero-order valence-corrected chi connectivity index (χ0v) is 16.0. The van der Waals surface area contributed by atoms with Gasteiger partial charge in [-0.05, 0) is 74.5 Å². The van der Waals surface area contributed by atoms with Crippen molar-refractivity contribution in [2.24, 2.45) is 5.10 Å². The highest BCUT2D eigenvalue weighted by Gasteiger charge is 2.33. The summed E-state index contributed by atoms with van der Waals surface area (Å²) in [5, 5.41) is 15.2. The minimum atomic E-state index is -0.651. The van der Waals surface area contributed by atoms with Gasteiger partial charge in [-0.15, -0.1) is 5.10 Å². The van der Waals surface area contributed by atoms with Crippen molar-refractivity contribution in [2.45, 2.75) is 27.0 Å². The van der Waals surface area contributed by atoms with Gasteiger partial charge in [0, 0.05) is 35.1 Å². The lowest BCUT2D eigenvalue weighted by Gasteiger charge is -2.19. The minimum absolute atomic E-state index is 0.156. The van der Waals surface area contributed by atoms with Gasteiger partial charge in [-0.25, -0.2) is 0 Å². The number of hydrogen-bond donors (Lipinski definition) is 1. The number of phenolic OH excluding ortho intramolecular Hbond substituents is 1. The highest BCUT2D eigenvalue weighted by Crippen LogP contribution is 2.31. The lowest BCUT2D eigenvalue weighted by Crippen LogP contribution is -2.25. The molecule has 0 aliphatic carbocycles. The molecule has 4 rings (SSSR count). The standard InChI is InChI=1S/C22H21N3O3/c1-14-4-5-15(2)24(14)19-10-6-17(7-11-19)21-23-25(16(3)26)22(28-21)18-8-12-20(27)13-9-18/h4-13,22,27H,1-3H3. The van der Waals surface area contributed by atoms with E-state index in [1.54, 1.807) is 24.3 Å². The molecular weight excluding hydrogens is 354 g/mol. The fourth-order valence-corrected chi connectivity index (χ4v) is 3.37. The maximum absolute atomic E-state index is 12.0. The number of phenols is 1. The second kappa shape index (κ2) is 6.88. The summed E-state index contributed by atoms with van der Waals surface area (Å²) in [7, 11) is 0. The number of nitrogens with zero attached hydrogens (tertiary/aromatic N) is 3. The monoisotopic (exact) mass is 375 g/mol. The highest BCUT2D eigenvalue weighted by molar-refractivity contribution is 5.96. The Bertz CT molecular complexity index is 1030. The number of carbonyl (C=O) groups excluding carboxylic acids is 1. The second-order valence-electron chi connectivity index (χ2n) is 6.83. The van der Waals surface area contributed by atoms with E-state index in [0.29, 0.717) is 5.90 Å². The first-order valence-corrected chi connectivity index (χ1v) is 9.04. The quantitative estimate of drug-likeness (QED) is 0.751. The lowest BCUT2D eigenvalue weighted by molar-refractivity contribution is -0.135. The Morgan fingerprint density at radius 3 is 2.14 bits per heavy atom. The minimum Gasteiger partial charge on any atom is -0.508 e. The van der Waals surface area contributed by atoms with E-state index in [1.165, 1.54) is 11.9 Å². The van der Waals surface area contributed by atoms with E-state index in [9.17, 15) is 9.90 Å². The maximum atomic E-state index is 12.0. The number of rotatable bonds is 3. The third-order valence-corrected chi connectivity index (χ3v) is 4.79. The molecule has 142 valence electrons. The number of hydrogen-bond acceptors (Lipinski definition) is 4. The van der Waals surface area contributed by atoms with E-state index in [1.807, 2.05) is 24.3 Å². The molecular formula is C22H21N3O3. The summed E-state index contributed by atoms with van der Waals surface area (Å²) in [6.45, 7) is 5.58. The van der Waals surface area contributed by atoms with Gasteiger partial charge in [-0.1, -0.05) is 0 Å². The summed E-state index contributed by atoms with van der Waals surface area (Å²) in [4.78, 5) is 12.0. The van der Waals surface area contributed by atoms with Crippen LogP contribution in [0.2, 0.25) is 0 Å². The van der Waals surface area contributed by atoms with Crippen molar-refractivity contribution in [3.05, 3.63) is 83.2 Å². The average Bonchev–Trinajstić information content (AvgIpc) is 3.27. The molecule has 1 atom stereocenters. The van der Waals surface area contributed by atoms with Gasteiger partial charge in [0.2, 0.25) is 18.0 Å². The van der Waals surface area contributed by atoms with Gasteiger partial charge in [0.05, 0.1) is 0 Å². The molecule has 6 heteroatoms. The summed E-state index contributed by atoms with van der Waals surface area (Å²) >= 11 is 0. The Balaban J connectivity index is 1.63. The molecule has 0 saturated carbocycles. The number of aromatic nitrogens is 1. The van der Waals surface area contributed by atoms with Crippen molar-refractivity contribution in [2.75, 3.05) is 0 Å². The molecule has 1 amide bonds. The summed E-state index contributed by atoms with van der Waals surface area (Å²) in [5.74, 6) is 0.326. The Hall–Kier alpha value is -3.54. The van der Waals surface area contributed by atoms with Gasteiger partial charge in [0.1, 0.15) is 5.75 Å². The number of hydrazone groups is 1. The number of aromatic hydroxyl groups is 1. The molecule has 1 unspecified atom stereocenters. The van der Waals surface area contributed by atoms with Crippen LogP contribution in [0, 0.1) is 13.8 Å². The number of amides is 1. The SMILES string of the molecule is CC(=O)N1N=C(c2ccc(-n3c(C)ccc3C)cc2)OC1c1ccc(O)cc1. The van der Waals surface area contributed by atoms with Crippen LogP contribution in [-0.2, 0) is 9.53 Å². The molecule has 0 saturated heterocycles. The lowest BCUT2D eigenvalue weighted by atomic mass is 10.1. The van der Waals surface area contributed by atoms with Crippen LogP contribution in [0.1, 0.15) is 35.7 Å². The molecule has 3 aromatic rings. The molecule has 2 heterocycles. The van der Waals surface area contributed by atoms with Crippen LogP contribution in [0.3, 0.4) is 0 Å². The average molecular weight is 375 g/mol. The van der Waals surface area contributed by atoms with Crippen LogP contribution < -0.4 is 0 Å². The molecule has 1 N–H and O–H groups in total. The largest absolute Gasteiger partial charge is 0.508 e. The molecule has 0 radical (unpaired) electrons. The van der Waals surface area contributed by atoms with E-state index < -0.39 is 6.23 Å². The van der Waals surface area contributed by atoms with Crippen molar-refractivity contribution in [3.8, 4) is 11.4 Å². The summed E-state index contributed by atoms with van der Waals surface area (Å²) in [6.07, 6.45) is -0.651. The van der Waals surface area contributed by atoms with Crippen molar-refractivity contribution in [1.82, 2.24) is 9.58 Å². The molecule has 6 nitrogen and oxygen atoms in total. The van der Waals surface area contributed by atoms with E-state index in [4.69, 9.17) is 4.74 Å². The summed E-state index contributed by atoms with van der Waals surface area (Å²) in [5.41, 5.74) is 4.91. The van der Waals surface area contributed by atoms with Gasteiger partial charge >= 0.3 is 0 Å². The zero-order valence-electron chi connectivity index (χ0n) is 16.0. The van der Waals surface area contributed by atoms with E-state index in [-0.39, 0.29) is 11.7 Å². The topological polar surface area (TPSA) is 67.1 Å². The molecule has 0 spiro atoms.